The largest absolute Gasteiger partial charge is 0.392 e. The van der Waals surface area contributed by atoms with Crippen LogP contribution in [-0.4, -0.2) is 24.9 Å². The summed E-state index contributed by atoms with van der Waals surface area (Å²) >= 11 is 4.88. The van der Waals surface area contributed by atoms with Crippen molar-refractivity contribution in [2.45, 2.75) is 18.9 Å². The van der Waals surface area contributed by atoms with Gasteiger partial charge in [-0.1, -0.05) is 24.3 Å². The van der Waals surface area contributed by atoms with Crippen molar-refractivity contribution in [1.29, 1.82) is 0 Å². The molecule has 7 heteroatoms. The van der Waals surface area contributed by atoms with Crippen molar-refractivity contribution in [3.05, 3.63) is 56.2 Å². The first kappa shape index (κ1) is 16.6. The van der Waals surface area contributed by atoms with E-state index in [-0.39, 0.29) is 12.4 Å². The van der Waals surface area contributed by atoms with E-state index in [0.29, 0.717) is 17.7 Å². The van der Waals surface area contributed by atoms with E-state index in [0.717, 1.165) is 9.35 Å². The van der Waals surface area contributed by atoms with Gasteiger partial charge in [-0.3, -0.25) is 0 Å². The van der Waals surface area contributed by atoms with Gasteiger partial charge in [0, 0.05) is 28.3 Å². The highest BCUT2D eigenvalue weighted by molar-refractivity contribution is 9.10. The maximum absolute atomic E-state index is 12.4. The van der Waals surface area contributed by atoms with Crippen molar-refractivity contribution in [3.8, 4) is 0 Å². The summed E-state index contributed by atoms with van der Waals surface area (Å²) in [5, 5.41) is 11.0. The smallest absolute Gasteiger partial charge is 0.218 e. The highest BCUT2D eigenvalue weighted by Crippen LogP contribution is 2.22. The zero-order valence-corrected chi connectivity index (χ0v) is 14.7. The van der Waals surface area contributed by atoms with Crippen LogP contribution in [0, 0.1) is 0 Å². The lowest BCUT2D eigenvalue weighted by molar-refractivity contribution is 0.281. The van der Waals surface area contributed by atoms with Gasteiger partial charge in [-0.15, -0.1) is 11.3 Å². The van der Waals surface area contributed by atoms with Crippen LogP contribution in [0.15, 0.2) is 40.2 Å². The van der Waals surface area contributed by atoms with E-state index in [4.69, 9.17) is 5.11 Å². The van der Waals surface area contributed by atoms with Crippen LogP contribution < -0.4 is 0 Å². The van der Waals surface area contributed by atoms with Crippen LogP contribution in [0.4, 0.5) is 0 Å². The first-order valence-corrected chi connectivity index (χ1v) is 9.54. The molecular weight excluding hydrogens is 374 g/mol. The number of hydrogen-bond acceptors (Lipinski definition) is 4. The third-order valence-electron chi connectivity index (χ3n) is 3.00. The maximum Gasteiger partial charge on any atom is 0.218 e. The van der Waals surface area contributed by atoms with Gasteiger partial charge in [0.15, 0.2) is 0 Å². The second-order valence-electron chi connectivity index (χ2n) is 4.72. The molecule has 114 valence electrons. The van der Waals surface area contributed by atoms with Crippen LogP contribution in [0.25, 0.3) is 0 Å². The van der Waals surface area contributed by atoms with Crippen molar-refractivity contribution >= 4 is 37.3 Å². The molecule has 1 heterocycles. The summed E-state index contributed by atoms with van der Waals surface area (Å²) in [6, 6.07) is 8.91. The number of rotatable bonds is 6. The van der Waals surface area contributed by atoms with E-state index in [1.165, 1.54) is 15.6 Å². The lowest BCUT2D eigenvalue weighted by Gasteiger charge is -2.16. The third-order valence-corrected chi connectivity index (χ3v) is 6.46. The highest BCUT2D eigenvalue weighted by atomic mass is 79.9. The van der Waals surface area contributed by atoms with Crippen molar-refractivity contribution in [2.75, 3.05) is 7.05 Å². The van der Waals surface area contributed by atoms with Crippen LogP contribution in [0.5, 0.6) is 0 Å². The predicted molar refractivity (Wildman–Crippen MR) is 88.5 cm³/mol. The lowest BCUT2D eigenvalue weighted by atomic mass is 10.1. The van der Waals surface area contributed by atoms with Crippen molar-refractivity contribution in [3.63, 3.8) is 0 Å². The zero-order chi connectivity index (χ0) is 15.5. The molecular formula is C14H16BrNO3S2. The van der Waals surface area contributed by atoms with Crippen LogP contribution in [-0.2, 0) is 28.9 Å². The number of aliphatic hydroxyl groups excluding tert-OH is 1. The average molecular weight is 390 g/mol. The predicted octanol–water partition coefficient (Wildman–Crippen LogP) is 2.96. The molecule has 2 aromatic rings. The molecule has 0 atom stereocenters. The fourth-order valence-corrected chi connectivity index (χ4v) is 4.64. The molecule has 0 spiro atoms. The Morgan fingerprint density at radius 2 is 2.00 bits per heavy atom. The molecule has 0 aliphatic heterocycles. The van der Waals surface area contributed by atoms with E-state index < -0.39 is 10.0 Å². The van der Waals surface area contributed by atoms with Crippen molar-refractivity contribution in [2.24, 2.45) is 0 Å². The number of halogens is 1. The zero-order valence-electron chi connectivity index (χ0n) is 11.5. The molecule has 0 aliphatic rings. The molecule has 1 aromatic heterocycles. The number of sulfonamides is 1. The molecule has 0 aliphatic carbocycles. The summed E-state index contributed by atoms with van der Waals surface area (Å²) in [5.74, 6) is -0.0656. The summed E-state index contributed by atoms with van der Waals surface area (Å²) in [5.41, 5.74) is 1.40. The number of thiophene rings is 1. The van der Waals surface area contributed by atoms with E-state index in [9.17, 15) is 8.42 Å². The Kier molecular flexibility index (Phi) is 5.56. The van der Waals surface area contributed by atoms with Crippen LogP contribution >= 0.6 is 27.3 Å². The molecule has 0 saturated carbocycles. The van der Waals surface area contributed by atoms with Gasteiger partial charge in [-0.05, 0) is 33.1 Å². The molecule has 0 unspecified atom stereocenters. The fraction of sp³-hybridized carbons (Fsp3) is 0.286. The van der Waals surface area contributed by atoms with Gasteiger partial charge in [-0.2, -0.15) is 4.31 Å². The molecule has 0 saturated heterocycles. The van der Waals surface area contributed by atoms with E-state index in [2.05, 4.69) is 15.9 Å². The molecule has 1 N–H and O–H groups in total. The summed E-state index contributed by atoms with van der Waals surface area (Å²) in [6.45, 7) is 0.269. The van der Waals surface area contributed by atoms with Crippen molar-refractivity contribution in [1.82, 2.24) is 4.31 Å². The first-order chi connectivity index (χ1) is 9.90. The average Bonchev–Trinajstić information content (AvgIpc) is 2.83. The Bertz CT molecular complexity index is 713. The number of benzene rings is 1. The van der Waals surface area contributed by atoms with Crippen molar-refractivity contribution < 1.29 is 13.5 Å². The normalized spacial score (nSPS) is 12.0. The van der Waals surface area contributed by atoms with Gasteiger partial charge < -0.3 is 5.11 Å². The van der Waals surface area contributed by atoms with E-state index in [1.54, 1.807) is 31.3 Å². The second kappa shape index (κ2) is 7.02. The molecule has 0 bridgehead atoms. The van der Waals surface area contributed by atoms with Crippen LogP contribution in [0.1, 0.15) is 16.0 Å². The second-order valence-corrected chi connectivity index (χ2v) is 8.71. The van der Waals surface area contributed by atoms with Gasteiger partial charge in [0.2, 0.25) is 10.0 Å². The highest BCUT2D eigenvalue weighted by Gasteiger charge is 2.19. The Labute approximate surface area is 137 Å². The van der Waals surface area contributed by atoms with Crippen LogP contribution in [0.3, 0.4) is 0 Å². The monoisotopic (exact) mass is 389 g/mol. The molecule has 0 fully saturated rings. The molecule has 0 radical (unpaired) electrons. The van der Waals surface area contributed by atoms with Gasteiger partial charge in [0.25, 0.3) is 0 Å². The molecule has 2 rings (SSSR count). The molecule has 1 aromatic carbocycles. The summed E-state index contributed by atoms with van der Waals surface area (Å²) in [7, 11) is -1.80. The number of hydrogen-bond donors (Lipinski definition) is 1. The van der Waals surface area contributed by atoms with Gasteiger partial charge >= 0.3 is 0 Å². The SMILES string of the molecule is CN(Cc1cc(Br)cs1)S(=O)(=O)Cc1cccc(CO)c1. The summed E-state index contributed by atoms with van der Waals surface area (Å²) < 4.78 is 27.1. The Balaban J connectivity index is 2.09. The van der Waals surface area contributed by atoms with Gasteiger partial charge in [0.05, 0.1) is 12.4 Å². The number of nitrogens with zero attached hydrogens (tertiary/aromatic N) is 1. The minimum absolute atomic E-state index is 0.0656. The first-order valence-electron chi connectivity index (χ1n) is 6.26. The number of aliphatic hydroxyl groups is 1. The Morgan fingerprint density at radius 3 is 2.62 bits per heavy atom. The quantitative estimate of drug-likeness (QED) is 0.825. The maximum atomic E-state index is 12.4. The summed E-state index contributed by atoms with van der Waals surface area (Å²) in [6.07, 6.45) is 0. The lowest BCUT2D eigenvalue weighted by Crippen LogP contribution is -2.27. The van der Waals surface area contributed by atoms with E-state index in [1.807, 2.05) is 11.4 Å². The summed E-state index contributed by atoms with van der Waals surface area (Å²) in [4.78, 5) is 0.983. The topological polar surface area (TPSA) is 57.6 Å². The van der Waals surface area contributed by atoms with Gasteiger partial charge in [0.1, 0.15) is 0 Å². The third kappa shape index (κ3) is 4.62. The minimum atomic E-state index is -3.38. The van der Waals surface area contributed by atoms with Crippen LogP contribution in [0.2, 0.25) is 0 Å². The molecule has 0 amide bonds. The Morgan fingerprint density at radius 1 is 1.29 bits per heavy atom. The van der Waals surface area contributed by atoms with Gasteiger partial charge in [-0.25, -0.2) is 8.42 Å². The standard InChI is InChI=1S/C14H16BrNO3S2/c1-16(7-14-6-13(15)9-20-14)21(18,19)10-12-4-2-3-11(5-12)8-17/h2-6,9,17H,7-8,10H2,1H3. The Hall–Kier alpha value is -0.730. The molecule has 21 heavy (non-hydrogen) atoms. The minimum Gasteiger partial charge on any atom is -0.392 e. The molecule has 4 nitrogen and oxygen atoms in total. The fourth-order valence-electron chi connectivity index (χ4n) is 1.89. The van der Waals surface area contributed by atoms with E-state index >= 15 is 0 Å².